The molecule has 4 fully saturated rings. The Morgan fingerprint density at radius 1 is 0.324 bits per heavy atom. The van der Waals surface area contributed by atoms with Gasteiger partial charge in [0.2, 0.25) is 34.9 Å². The number of phenolic OH excluding ortho intramolecular Hbond substituents is 4. The van der Waals surface area contributed by atoms with E-state index in [-0.39, 0.29) is 170 Å². The van der Waals surface area contributed by atoms with Gasteiger partial charge in [-0.05, 0) is 48.5 Å². The predicted molar refractivity (Wildman–Crippen MR) is 256 cm³/mol. The van der Waals surface area contributed by atoms with Crippen LogP contribution in [0.4, 0.5) is 22.7 Å². The maximum Gasteiger partial charge on any atom is 0.285 e. The second-order valence-electron chi connectivity index (χ2n) is 20.4. The lowest BCUT2D eigenvalue weighted by Gasteiger charge is -2.38. The molecule has 0 bridgehead atoms. The van der Waals surface area contributed by atoms with Crippen LogP contribution in [0.5, 0.6) is 23.0 Å². The van der Waals surface area contributed by atoms with E-state index < -0.39 is 76.5 Å². The Morgan fingerprint density at radius 2 is 0.554 bits per heavy atom. The van der Waals surface area contributed by atoms with Crippen LogP contribution in [-0.4, -0.2) is 213 Å². The number of quaternary nitrogens is 4. The van der Waals surface area contributed by atoms with Crippen molar-refractivity contribution in [3.05, 3.63) is 93.0 Å². The summed E-state index contributed by atoms with van der Waals surface area (Å²) in [6.45, 7) is 0.743. The molecule has 4 aromatic carbocycles. The van der Waals surface area contributed by atoms with Gasteiger partial charge in [-0.1, -0.05) is 0 Å². The van der Waals surface area contributed by atoms with E-state index in [0.29, 0.717) is 0 Å². The van der Waals surface area contributed by atoms with Crippen LogP contribution >= 0.6 is 0 Å². The summed E-state index contributed by atoms with van der Waals surface area (Å²) < 4.78 is -1.85. The van der Waals surface area contributed by atoms with Crippen molar-refractivity contribution in [2.45, 2.75) is 12.8 Å². The second kappa shape index (κ2) is 18.1. The summed E-state index contributed by atoms with van der Waals surface area (Å²) in [5, 5.41) is 83.4. The van der Waals surface area contributed by atoms with Gasteiger partial charge in [-0.3, -0.25) is 38.4 Å². The number of piperazine rings is 2. The fourth-order valence-corrected chi connectivity index (χ4v) is 10.4. The Hall–Kier alpha value is -7.68. The first kappa shape index (κ1) is 51.2. The number of carbonyl (C=O) groups excluding carboxylic acids is 8. The zero-order valence-corrected chi connectivity index (χ0v) is 40.9. The zero-order chi connectivity index (χ0) is 53.7. The highest BCUT2D eigenvalue weighted by molar-refractivity contribution is 6.35. The van der Waals surface area contributed by atoms with E-state index >= 15 is 0 Å². The summed E-state index contributed by atoms with van der Waals surface area (Å²) in [7, 11) is 6.10. The number of carbonyl (C=O) groups is 8. The van der Waals surface area contributed by atoms with E-state index in [1.807, 2.05) is 0 Å². The molecule has 0 radical (unpaired) electrons. The van der Waals surface area contributed by atoms with Crippen molar-refractivity contribution in [2.75, 3.05) is 126 Å². The lowest BCUT2D eigenvalue weighted by molar-refractivity contribution is -1.09. The Kier molecular flexibility index (Phi) is 12.5. The molecule has 6 aliphatic rings. The van der Waals surface area contributed by atoms with Gasteiger partial charge in [-0.25, -0.2) is 20.8 Å². The van der Waals surface area contributed by atoms with Crippen LogP contribution in [0.2, 0.25) is 0 Å². The number of anilines is 4. The van der Waals surface area contributed by atoms with Crippen LogP contribution in [0, 0.1) is 0 Å². The molecule has 74 heavy (non-hydrogen) atoms. The van der Waals surface area contributed by atoms with Crippen molar-refractivity contribution in [3.8, 4) is 23.0 Å². The monoisotopic (exact) mass is 1020 g/mol. The number of ketones is 4. The quantitative estimate of drug-likeness (QED) is 0.0911. The summed E-state index contributed by atoms with van der Waals surface area (Å²) in [6, 6.07) is 10.3. The molecule has 4 amide bonds. The van der Waals surface area contributed by atoms with Crippen molar-refractivity contribution in [2.24, 2.45) is 0 Å². The summed E-state index contributed by atoms with van der Waals surface area (Å²) in [6.07, 6.45) is -0.0161. The van der Waals surface area contributed by atoms with E-state index in [4.69, 9.17) is 0 Å². The third-order valence-corrected chi connectivity index (χ3v) is 14.6. The number of hydrogen-bond donors (Lipinski definition) is 8. The van der Waals surface area contributed by atoms with Crippen LogP contribution in [0.15, 0.2) is 48.5 Å². The first-order valence-electron chi connectivity index (χ1n) is 23.8. The number of aromatic hydroxyl groups is 4. The minimum absolute atomic E-state index is 0.00804. The lowest BCUT2D eigenvalue weighted by Crippen LogP contribution is -2.59. The van der Waals surface area contributed by atoms with Crippen LogP contribution in [0.3, 0.4) is 0 Å². The van der Waals surface area contributed by atoms with E-state index in [9.17, 15) is 79.6 Å². The van der Waals surface area contributed by atoms with Gasteiger partial charge in [-0.2, -0.15) is 18.6 Å². The van der Waals surface area contributed by atoms with E-state index in [0.717, 1.165) is 24.3 Å². The molecular weight excluding hydrogens is 969 g/mol. The minimum Gasteiger partial charge on any atom is -0.507 e. The summed E-state index contributed by atoms with van der Waals surface area (Å²) in [5.41, 5.74) is -1.76. The number of likely N-dealkylation sites (N-methyl/N-ethyl adjacent to an activating group) is 4. The van der Waals surface area contributed by atoms with Crippen LogP contribution < -0.4 is 19.6 Å². The number of phenols is 4. The average Bonchev–Trinajstić information content (AvgIpc) is 3.55. The molecule has 4 atom stereocenters. The van der Waals surface area contributed by atoms with Crippen LogP contribution in [0.25, 0.3) is 0 Å². The van der Waals surface area contributed by atoms with Gasteiger partial charge in [0.05, 0.1) is 134 Å². The topological polar surface area (TPSA) is 311 Å². The minimum atomic E-state index is -0.781. The van der Waals surface area contributed by atoms with Crippen molar-refractivity contribution in [1.82, 2.24) is 0 Å². The SMILES string of the molecule is C[N+]1(O)CCC(=O)N(c2ccc(N3CC[N+](C)(O)CCC3=O)c3c2C(=O)c2c(O)ccc(O)c2C3=O)CC1.C[N+]1(O)CCN(c2ccc(N3CC[N+](C)(O)CC3=O)c3c2C(=O)c2c(O)ccc(O)c2C3=O)C(=O)C1. The van der Waals surface area contributed by atoms with Crippen LogP contribution in [0.1, 0.15) is 76.5 Å². The molecule has 8 N–H and O–H groups in total. The standard InChI is InChI=1S/C26H28N4O8.C24H24N4O8/c1-29(37)11-7-19(33)27(9-13-29)15-3-4-16(28-10-14-30(2,38)12-8-20(28)34)22-21(15)25(35)23-17(31)5-6-18(32)24(23)26(22)36;1-27(35)9-7-25(17(31)11-27)13-3-4-14(26-8-10-28(2,36)12-18(26)32)20-19(13)23(33)21-15(29)5-6-16(30)22(21)24(20)34/h3-6,37-38H,7-14H2,1-2H3;3-6,35-36H,7-12H2,1-2H3/p+4. The predicted octanol–water partition coefficient (Wildman–Crippen LogP) is 1.26. The molecule has 388 valence electrons. The fourth-order valence-electron chi connectivity index (χ4n) is 10.4. The first-order valence-corrected chi connectivity index (χ1v) is 23.8. The molecule has 4 unspecified atom stereocenters. The molecule has 4 saturated heterocycles. The maximum absolute atomic E-state index is 13.9. The molecule has 24 nitrogen and oxygen atoms in total. The normalized spacial score (nSPS) is 26.2. The van der Waals surface area contributed by atoms with Crippen molar-refractivity contribution < 1.29 is 98.2 Å². The fraction of sp³-hybridized carbons (Fsp3) is 0.360. The second-order valence-corrected chi connectivity index (χ2v) is 20.4. The number of benzene rings is 4. The highest BCUT2D eigenvalue weighted by Gasteiger charge is 2.46. The molecule has 4 aliphatic heterocycles. The highest BCUT2D eigenvalue weighted by Crippen LogP contribution is 2.47. The first-order chi connectivity index (χ1) is 34.6. The Balaban J connectivity index is 0.000000182. The van der Waals surface area contributed by atoms with Gasteiger partial charge in [0.15, 0.2) is 13.1 Å². The Bertz CT molecular complexity index is 2980. The van der Waals surface area contributed by atoms with E-state index in [1.165, 1.54) is 58.0 Å². The van der Waals surface area contributed by atoms with Gasteiger partial charge in [-0.15, -0.1) is 0 Å². The molecule has 4 heterocycles. The molecule has 2 aliphatic carbocycles. The molecule has 10 rings (SSSR count). The largest absolute Gasteiger partial charge is 0.507 e. The number of fused-ring (bicyclic) bond motifs is 4. The Labute approximate surface area is 421 Å². The highest BCUT2D eigenvalue weighted by atomic mass is 16.6. The smallest absolute Gasteiger partial charge is 0.285 e. The van der Waals surface area contributed by atoms with Crippen molar-refractivity contribution in [1.29, 1.82) is 0 Å². The number of nitrogens with zero attached hydrogens (tertiary/aromatic N) is 8. The summed E-state index contributed by atoms with van der Waals surface area (Å²) >= 11 is 0. The molecule has 0 aromatic heterocycles. The number of rotatable bonds is 4. The molecule has 0 spiro atoms. The third kappa shape index (κ3) is 8.89. The number of amides is 4. The van der Waals surface area contributed by atoms with Gasteiger partial charge in [0.1, 0.15) is 62.3 Å². The summed E-state index contributed by atoms with van der Waals surface area (Å²) in [4.78, 5) is 113. The number of hydrogen-bond acceptors (Lipinski definition) is 16. The third-order valence-electron chi connectivity index (χ3n) is 14.6. The Morgan fingerprint density at radius 3 is 0.797 bits per heavy atom. The van der Waals surface area contributed by atoms with Crippen molar-refractivity contribution >= 4 is 69.5 Å². The summed E-state index contributed by atoms with van der Waals surface area (Å²) in [5.74, 6) is -6.80. The van der Waals surface area contributed by atoms with E-state index in [2.05, 4.69) is 0 Å². The molecular formula is C50H56N8O16+4. The van der Waals surface area contributed by atoms with Crippen LogP contribution in [-0.2, 0) is 19.2 Å². The number of hydroxylamine groups is 12. The van der Waals surface area contributed by atoms with Gasteiger partial charge in [0, 0.05) is 0 Å². The van der Waals surface area contributed by atoms with Gasteiger partial charge >= 0.3 is 0 Å². The average molecular weight is 1030 g/mol. The molecule has 0 saturated carbocycles. The van der Waals surface area contributed by atoms with Gasteiger partial charge < -0.3 is 40.0 Å². The van der Waals surface area contributed by atoms with Crippen molar-refractivity contribution in [3.63, 3.8) is 0 Å². The lowest BCUT2D eigenvalue weighted by atomic mass is 9.80. The van der Waals surface area contributed by atoms with E-state index in [1.54, 1.807) is 14.1 Å². The maximum atomic E-state index is 13.9. The molecule has 4 aromatic rings. The zero-order valence-electron chi connectivity index (χ0n) is 40.9. The molecule has 24 heteroatoms. The van der Waals surface area contributed by atoms with Gasteiger partial charge in [0.25, 0.3) is 11.8 Å².